The van der Waals surface area contributed by atoms with Crippen molar-refractivity contribution in [2.45, 2.75) is 6.92 Å². The summed E-state index contributed by atoms with van der Waals surface area (Å²) in [5, 5.41) is 0.711. The van der Waals surface area contributed by atoms with E-state index in [9.17, 15) is 4.39 Å². The van der Waals surface area contributed by atoms with Crippen LogP contribution >= 0.6 is 11.3 Å². The summed E-state index contributed by atoms with van der Waals surface area (Å²) in [5.74, 6) is 0.189. The molecule has 0 aromatic carbocycles. The average Bonchev–Trinajstić information content (AvgIpc) is 3.04. The van der Waals surface area contributed by atoms with Gasteiger partial charge in [-0.3, -0.25) is 4.98 Å². The van der Waals surface area contributed by atoms with Gasteiger partial charge in [-0.25, -0.2) is 24.3 Å². The first-order valence-corrected chi connectivity index (χ1v) is 8.35. The second kappa shape index (κ2) is 6.45. The van der Waals surface area contributed by atoms with Crippen molar-refractivity contribution in [3.05, 3.63) is 66.6 Å². The molecule has 0 fully saturated rings. The Labute approximate surface area is 147 Å². The molecule has 0 unspecified atom stereocenters. The summed E-state index contributed by atoms with van der Waals surface area (Å²) >= 11 is 1.46. The molecule has 0 saturated carbocycles. The van der Waals surface area contributed by atoms with E-state index >= 15 is 0 Å². The first kappa shape index (κ1) is 15.5. The van der Waals surface area contributed by atoms with Crippen LogP contribution in [0.25, 0.3) is 32.7 Å². The fourth-order valence-corrected chi connectivity index (χ4v) is 3.42. The average molecular weight is 349 g/mol. The summed E-state index contributed by atoms with van der Waals surface area (Å²) in [6.45, 7) is 1.91. The van der Waals surface area contributed by atoms with Gasteiger partial charge in [0, 0.05) is 24.2 Å². The Hall–Kier alpha value is -3.06. The molecule has 0 amide bonds. The molecule has 7 heteroatoms. The monoisotopic (exact) mass is 349 g/mol. The number of hydrogen-bond acceptors (Lipinski definition) is 6. The number of aryl methyl sites for hydroxylation is 1. The number of nitrogens with zero attached hydrogens (tertiary/aromatic N) is 5. The Bertz CT molecular complexity index is 1030. The molecule has 5 nitrogen and oxygen atoms in total. The van der Waals surface area contributed by atoms with Crippen LogP contribution in [-0.4, -0.2) is 24.9 Å². The zero-order valence-corrected chi connectivity index (χ0v) is 14.0. The maximum Gasteiger partial charge on any atom is 0.178 e. The molecule has 0 spiro atoms. The van der Waals surface area contributed by atoms with Crippen LogP contribution in [0.5, 0.6) is 0 Å². The fraction of sp³-hybridized carbons (Fsp3) is 0.0556. The van der Waals surface area contributed by atoms with E-state index in [2.05, 4.69) is 24.9 Å². The van der Waals surface area contributed by atoms with E-state index < -0.39 is 0 Å². The molecule has 0 N–H and O–H groups in total. The number of aromatic nitrogens is 5. The Balaban J connectivity index is 1.76. The van der Waals surface area contributed by atoms with Crippen LogP contribution in [0.3, 0.4) is 0 Å². The molecule has 0 aliphatic rings. The second-order valence-corrected chi connectivity index (χ2v) is 6.30. The topological polar surface area (TPSA) is 64.5 Å². The number of pyridine rings is 2. The van der Waals surface area contributed by atoms with Crippen LogP contribution in [0.15, 0.2) is 55.1 Å². The largest absolute Gasteiger partial charge is 0.261 e. The van der Waals surface area contributed by atoms with Gasteiger partial charge in [-0.05, 0) is 31.2 Å². The van der Waals surface area contributed by atoms with Crippen LogP contribution in [0.1, 0.15) is 5.69 Å². The summed E-state index contributed by atoms with van der Waals surface area (Å²) < 4.78 is 13.4. The van der Waals surface area contributed by atoms with Gasteiger partial charge in [-0.2, -0.15) is 0 Å². The molecule has 0 aliphatic heterocycles. The standard InChI is InChI=1S/C18H12FN5S/c1-11-16(25-18(23-11)12-8-13(19)10-20-9-12)14-4-2-5-15(24-14)17-21-6-3-7-22-17/h2-10H,1H3. The molecular formula is C18H12FN5S. The normalized spacial score (nSPS) is 10.8. The first-order valence-electron chi connectivity index (χ1n) is 7.54. The Morgan fingerprint density at radius 3 is 2.56 bits per heavy atom. The smallest absolute Gasteiger partial charge is 0.178 e. The first-order chi connectivity index (χ1) is 12.2. The number of thiazole rings is 1. The van der Waals surface area contributed by atoms with Gasteiger partial charge in [0.2, 0.25) is 0 Å². The lowest BCUT2D eigenvalue weighted by molar-refractivity contribution is 0.622. The van der Waals surface area contributed by atoms with Crippen LogP contribution in [-0.2, 0) is 0 Å². The van der Waals surface area contributed by atoms with E-state index in [1.807, 2.05) is 25.1 Å². The zero-order chi connectivity index (χ0) is 17.2. The van der Waals surface area contributed by atoms with E-state index in [0.29, 0.717) is 22.1 Å². The molecule has 25 heavy (non-hydrogen) atoms. The molecule has 0 aliphatic carbocycles. The third-order valence-electron chi connectivity index (χ3n) is 3.53. The Kier molecular flexibility index (Phi) is 3.99. The third-order valence-corrected chi connectivity index (χ3v) is 4.75. The molecular weight excluding hydrogens is 337 g/mol. The highest BCUT2D eigenvalue weighted by atomic mass is 32.1. The van der Waals surface area contributed by atoms with Crippen molar-refractivity contribution in [3.8, 4) is 32.7 Å². The van der Waals surface area contributed by atoms with Gasteiger partial charge >= 0.3 is 0 Å². The molecule has 4 aromatic rings. The van der Waals surface area contributed by atoms with E-state index in [1.165, 1.54) is 23.6 Å². The molecule has 0 saturated heterocycles. The quantitative estimate of drug-likeness (QED) is 0.555. The second-order valence-electron chi connectivity index (χ2n) is 5.31. The molecule has 4 heterocycles. The maximum atomic E-state index is 13.4. The highest BCUT2D eigenvalue weighted by Gasteiger charge is 2.14. The molecule has 122 valence electrons. The Morgan fingerprint density at radius 2 is 1.76 bits per heavy atom. The van der Waals surface area contributed by atoms with Crippen molar-refractivity contribution in [2.75, 3.05) is 0 Å². The van der Waals surface area contributed by atoms with Crippen molar-refractivity contribution in [1.29, 1.82) is 0 Å². The predicted molar refractivity (Wildman–Crippen MR) is 94.3 cm³/mol. The highest BCUT2D eigenvalue weighted by molar-refractivity contribution is 7.18. The van der Waals surface area contributed by atoms with Gasteiger partial charge in [0.05, 0.1) is 22.5 Å². The summed E-state index contributed by atoms with van der Waals surface area (Å²) in [6, 6.07) is 8.89. The van der Waals surface area contributed by atoms with Gasteiger partial charge in [0.1, 0.15) is 16.5 Å². The van der Waals surface area contributed by atoms with E-state index in [1.54, 1.807) is 24.7 Å². The minimum Gasteiger partial charge on any atom is -0.261 e. The van der Waals surface area contributed by atoms with Gasteiger partial charge in [0.25, 0.3) is 0 Å². The molecule has 4 aromatic heterocycles. The fourth-order valence-electron chi connectivity index (χ4n) is 2.40. The number of halogens is 1. The molecule has 4 rings (SSSR count). The van der Waals surface area contributed by atoms with Crippen molar-refractivity contribution >= 4 is 11.3 Å². The van der Waals surface area contributed by atoms with Gasteiger partial charge < -0.3 is 0 Å². The maximum absolute atomic E-state index is 13.4. The van der Waals surface area contributed by atoms with E-state index in [0.717, 1.165) is 16.3 Å². The summed E-state index contributed by atoms with van der Waals surface area (Å²) in [6.07, 6.45) is 6.15. The third kappa shape index (κ3) is 3.14. The Morgan fingerprint density at radius 1 is 0.960 bits per heavy atom. The molecule has 0 bridgehead atoms. The van der Waals surface area contributed by atoms with Gasteiger partial charge in [0.15, 0.2) is 5.82 Å². The van der Waals surface area contributed by atoms with Crippen molar-refractivity contribution in [2.24, 2.45) is 0 Å². The van der Waals surface area contributed by atoms with Crippen LogP contribution < -0.4 is 0 Å². The zero-order valence-electron chi connectivity index (χ0n) is 13.2. The lowest BCUT2D eigenvalue weighted by atomic mass is 10.2. The van der Waals surface area contributed by atoms with E-state index in [4.69, 9.17) is 0 Å². The summed E-state index contributed by atoms with van der Waals surface area (Å²) in [5.41, 5.74) is 2.97. The number of hydrogen-bond donors (Lipinski definition) is 0. The van der Waals surface area contributed by atoms with Crippen molar-refractivity contribution in [1.82, 2.24) is 24.9 Å². The lowest BCUT2D eigenvalue weighted by Gasteiger charge is -2.02. The highest BCUT2D eigenvalue weighted by Crippen LogP contribution is 2.34. The minimum atomic E-state index is -0.381. The predicted octanol–water partition coefficient (Wildman–Crippen LogP) is 4.17. The minimum absolute atomic E-state index is 0.381. The van der Waals surface area contributed by atoms with Crippen LogP contribution in [0.2, 0.25) is 0 Å². The van der Waals surface area contributed by atoms with Crippen molar-refractivity contribution < 1.29 is 4.39 Å². The summed E-state index contributed by atoms with van der Waals surface area (Å²) in [4.78, 5) is 22.5. The van der Waals surface area contributed by atoms with Crippen molar-refractivity contribution in [3.63, 3.8) is 0 Å². The molecule has 0 atom stereocenters. The SMILES string of the molecule is Cc1nc(-c2cncc(F)c2)sc1-c1cccc(-c2ncccn2)n1. The van der Waals surface area contributed by atoms with Crippen LogP contribution in [0.4, 0.5) is 4.39 Å². The number of rotatable bonds is 3. The molecule has 0 radical (unpaired) electrons. The van der Waals surface area contributed by atoms with Gasteiger partial charge in [-0.1, -0.05) is 6.07 Å². The lowest BCUT2D eigenvalue weighted by Crippen LogP contribution is -1.92. The van der Waals surface area contributed by atoms with E-state index in [-0.39, 0.29) is 5.82 Å². The van der Waals surface area contributed by atoms with Crippen LogP contribution in [0, 0.1) is 12.7 Å². The summed E-state index contributed by atoms with van der Waals surface area (Å²) in [7, 11) is 0. The van der Waals surface area contributed by atoms with Gasteiger partial charge in [-0.15, -0.1) is 11.3 Å².